The summed E-state index contributed by atoms with van der Waals surface area (Å²) in [6.45, 7) is 5.30. The molecule has 116 valence electrons. The van der Waals surface area contributed by atoms with Gasteiger partial charge in [0, 0.05) is 28.6 Å². The van der Waals surface area contributed by atoms with Gasteiger partial charge in [0.25, 0.3) is 0 Å². The van der Waals surface area contributed by atoms with E-state index in [1.54, 1.807) is 11.3 Å². The molecule has 0 fully saturated rings. The van der Waals surface area contributed by atoms with E-state index in [4.69, 9.17) is 0 Å². The molecule has 4 nitrogen and oxygen atoms in total. The summed E-state index contributed by atoms with van der Waals surface area (Å²) in [5, 5.41) is 15.8. The Morgan fingerprint density at radius 2 is 2.14 bits per heavy atom. The van der Waals surface area contributed by atoms with Gasteiger partial charge in [-0.25, -0.2) is 4.98 Å². The van der Waals surface area contributed by atoms with E-state index in [0.29, 0.717) is 13.1 Å². The number of nitrogens with zero attached hydrogens (tertiary/aromatic N) is 2. The number of aryl methyl sites for hydroxylation is 2. The Morgan fingerprint density at radius 1 is 1.36 bits per heavy atom. The van der Waals surface area contributed by atoms with E-state index < -0.39 is 6.10 Å². The van der Waals surface area contributed by atoms with E-state index in [0.717, 1.165) is 26.4 Å². The first-order valence-electron chi connectivity index (χ1n) is 7.13. The van der Waals surface area contributed by atoms with Gasteiger partial charge in [0.2, 0.25) is 0 Å². The Morgan fingerprint density at radius 3 is 2.91 bits per heavy atom. The second kappa shape index (κ2) is 6.50. The predicted octanol–water partition coefficient (Wildman–Crippen LogP) is 3.60. The quantitative estimate of drug-likeness (QED) is 0.711. The van der Waals surface area contributed by atoms with Gasteiger partial charge in [-0.3, -0.25) is 4.40 Å². The van der Waals surface area contributed by atoms with Crippen LogP contribution >= 0.6 is 27.3 Å². The molecule has 0 aliphatic carbocycles. The molecule has 2 heterocycles. The monoisotopic (exact) mass is 379 g/mol. The van der Waals surface area contributed by atoms with Crippen molar-refractivity contribution >= 4 is 32.2 Å². The summed E-state index contributed by atoms with van der Waals surface area (Å²) >= 11 is 5.13. The zero-order valence-electron chi connectivity index (χ0n) is 12.5. The molecule has 0 saturated heterocycles. The molecule has 1 aromatic carbocycles. The fourth-order valence-electron chi connectivity index (χ4n) is 2.56. The second-order valence-electron chi connectivity index (χ2n) is 5.31. The molecule has 2 N–H and O–H groups in total. The molecule has 0 bridgehead atoms. The van der Waals surface area contributed by atoms with Crippen LogP contribution in [0.15, 0.2) is 34.1 Å². The van der Waals surface area contributed by atoms with Gasteiger partial charge in [0.05, 0.1) is 17.5 Å². The molecule has 0 radical (unpaired) electrons. The maximum Gasteiger partial charge on any atom is 0.194 e. The lowest BCUT2D eigenvalue weighted by molar-refractivity contribution is 0.173. The molecule has 3 aromatic rings. The van der Waals surface area contributed by atoms with E-state index in [9.17, 15) is 5.11 Å². The number of fused-ring (bicyclic) bond motifs is 1. The van der Waals surface area contributed by atoms with Gasteiger partial charge in [0.1, 0.15) is 0 Å². The molecule has 1 unspecified atom stereocenters. The Labute approximate surface area is 142 Å². The van der Waals surface area contributed by atoms with Crippen LogP contribution < -0.4 is 5.32 Å². The molecule has 0 spiro atoms. The van der Waals surface area contributed by atoms with Crippen LogP contribution in [0.4, 0.5) is 0 Å². The van der Waals surface area contributed by atoms with Gasteiger partial charge in [-0.2, -0.15) is 0 Å². The van der Waals surface area contributed by atoms with E-state index in [2.05, 4.69) is 42.9 Å². The highest BCUT2D eigenvalue weighted by molar-refractivity contribution is 9.10. The lowest BCUT2D eigenvalue weighted by atomic mass is 10.1. The van der Waals surface area contributed by atoms with E-state index >= 15 is 0 Å². The summed E-state index contributed by atoms with van der Waals surface area (Å²) in [7, 11) is 0. The van der Waals surface area contributed by atoms with E-state index in [-0.39, 0.29) is 0 Å². The van der Waals surface area contributed by atoms with Crippen molar-refractivity contribution in [3.05, 3.63) is 56.8 Å². The van der Waals surface area contributed by atoms with Crippen LogP contribution in [-0.4, -0.2) is 21.0 Å². The number of benzene rings is 1. The molecule has 1 atom stereocenters. The third-order valence-electron chi connectivity index (χ3n) is 3.72. The molecule has 0 aliphatic heterocycles. The maximum atomic E-state index is 10.3. The standard InChI is InChI=1S/C16H18BrN3OS/c1-10-9-22-16-19-11(2)14(20(10)16)7-18-8-15(21)12-5-3-4-6-13(12)17/h3-6,9,15,18,21H,7-8H2,1-2H3. The number of aliphatic hydroxyl groups is 1. The van der Waals surface area contributed by atoms with Gasteiger partial charge in [-0.1, -0.05) is 34.1 Å². The minimum Gasteiger partial charge on any atom is -0.387 e. The van der Waals surface area contributed by atoms with Gasteiger partial charge in [-0.05, 0) is 25.5 Å². The fourth-order valence-corrected chi connectivity index (χ4v) is 4.04. The largest absolute Gasteiger partial charge is 0.387 e. The number of imidazole rings is 1. The highest BCUT2D eigenvalue weighted by Gasteiger charge is 2.14. The van der Waals surface area contributed by atoms with Crippen LogP contribution in [0.3, 0.4) is 0 Å². The minimum atomic E-state index is -0.539. The fraction of sp³-hybridized carbons (Fsp3) is 0.312. The maximum absolute atomic E-state index is 10.3. The summed E-state index contributed by atoms with van der Waals surface area (Å²) in [5.41, 5.74) is 4.30. The van der Waals surface area contributed by atoms with Crippen molar-refractivity contribution in [3.8, 4) is 0 Å². The first kappa shape index (κ1) is 15.7. The van der Waals surface area contributed by atoms with Gasteiger partial charge < -0.3 is 10.4 Å². The number of halogens is 1. The lowest BCUT2D eigenvalue weighted by Gasteiger charge is -2.14. The summed E-state index contributed by atoms with van der Waals surface area (Å²) in [4.78, 5) is 5.60. The Hall–Kier alpha value is -1.21. The van der Waals surface area contributed by atoms with Gasteiger partial charge in [-0.15, -0.1) is 11.3 Å². The highest BCUT2D eigenvalue weighted by Crippen LogP contribution is 2.23. The predicted molar refractivity (Wildman–Crippen MR) is 93.4 cm³/mol. The molecule has 6 heteroatoms. The minimum absolute atomic E-state index is 0.498. The van der Waals surface area contributed by atoms with Crippen molar-refractivity contribution < 1.29 is 5.11 Å². The number of rotatable bonds is 5. The Bertz CT molecular complexity index is 796. The zero-order chi connectivity index (χ0) is 15.7. The summed E-state index contributed by atoms with van der Waals surface area (Å²) in [6.07, 6.45) is -0.539. The third-order valence-corrected chi connectivity index (χ3v) is 5.39. The molecule has 0 amide bonds. The molecule has 22 heavy (non-hydrogen) atoms. The van der Waals surface area contributed by atoms with E-state index in [1.807, 2.05) is 31.2 Å². The smallest absolute Gasteiger partial charge is 0.194 e. The zero-order valence-corrected chi connectivity index (χ0v) is 14.9. The number of aromatic nitrogens is 2. The van der Waals surface area contributed by atoms with Crippen molar-refractivity contribution in [3.63, 3.8) is 0 Å². The average molecular weight is 380 g/mol. The van der Waals surface area contributed by atoms with Crippen LogP contribution in [0, 0.1) is 13.8 Å². The molecular formula is C16H18BrN3OS. The van der Waals surface area contributed by atoms with Crippen molar-refractivity contribution in [2.24, 2.45) is 0 Å². The molecule has 2 aromatic heterocycles. The molecule has 3 rings (SSSR count). The first-order chi connectivity index (χ1) is 10.6. The number of hydrogen-bond donors (Lipinski definition) is 2. The topological polar surface area (TPSA) is 49.6 Å². The lowest BCUT2D eigenvalue weighted by Crippen LogP contribution is -2.22. The molecule has 0 saturated carbocycles. The molecule has 0 aliphatic rings. The van der Waals surface area contributed by atoms with Crippen molar-refractivity contribution in [2.45, 2.75) is 26.5 Å². The number of aliphatic hydroxyl groups excluding tert-OH is 1. The SMILES string of the molecule is Cc1nc2scc(C)n2c1CNCC(O)c1ccccc1Br. The van der Waals surface area contributed by atoms with Crippen molar-refractivity contribution in [1.29, 1.82) is 0 Å². The van der Waals surface area contributed by atoms with Crippen molar-refractivity contribution in [2.75, 3.05) is 6.54 Å². The van der Waals surface area contributed by atoms with E-state index in [1.165, 1.54) is 5.69 Å². The van der Waals surface area contributed by atoms with Crippen molar-refractivity contribution in [1.82, 2.24) is 14.7 Å². The van der Waals surface area contributed by atoms with Crippen LogP contribution in [-0.2, 0) is 6.54 Å². The number of nitrogens with one attached hydrogen (secondary N) is 1. The summed E-state index contributed by atoms with van der Waals surface area (Å²) in [5.74, 6) is 0. The van der Waals surface area contributed by atoms with Crippen LogP contribution in [0.2, 0.25) is 0 Å². The normalized spacial score (nSPS) is 12.9. The third kappa shape index (κ3) is 2.96. The molecular weight excluding hydrogens is 362 g/mol. The first-order valence-corrected chi connectivity index (χ1v) is 8.80. The van der Waals surface area contributed by atoms with Gasteiger partial charge >= 0.3 is 0 Å². The average Bonchev–Trinajstić information content (AvgIpc) is 3.00. The Kier molecular flexibility index (Phi) is 4.63. The number of hydrogen-bond acceptors (Lipinski definition) is 4. The summed E-state index contributed by atoms with van der Waals surface area (Å²) in [6, 6.07) is 7.75. The van der Waals surface area contributed by atoms with Gasteiger partial charge in [0.15, 0.2) is 4.96 Å². The summed E-state index contributed by atoms with van der Waals surface area (Å²) < 4.78 is 3.11. The van der Waals surface area contributed by atoms with Crippen LogP contribution in [0.25, 0.3) is 4.96 Å². The highest BCUT2D eigenvalue weighted by atomic mass is 79.9. The number of thiazole rings is 1. The Balaban J connectivity index is 1.69. The van der Waals surface area contributed by atoms with Crippen LogP contribution in [0.5, 0.6) is 0 Å². The second-order valence-corrected chi connectivity index (χ2v) is 7.00. The van der Waals surface area contributed by atoms with Crippen LogP contribution in [0.1, 0.15) is 28.7 Å².